The van der Waals surface area contributed by atoms with Crippen LogP contribution in [0.15, 0.2) is 48.5 Å². The second-order valence-electron chi connectivity index (χ2n) is 4.08. The van der Waals surface area contributed by atoms with Crippen molar-refractivity contribution >= 4 is 23.1 Å². The van der Waals surface area contributed by atoms with Crippen molar-refractivity contribution in [1.82, 2.24) is 0 Å². The van der Waals surface area contributed by atoms with Gasteiger partial charge >= 0.3 is 0 Å². The fraction of sp³-hybridized carbons (Fsp3) is 0.133. The minimum Gasteiger partial charge on any atom is -0.489 e. The summed E-state index contributed by atoms with van der Waals surface area (Å²) in [5, 5.41) is 0. The third-order valence-corrected chi connectivity index (χ3v) is 2.94. The summed E-state index contributed by atoms with van der Waals surface area (Å²) in [6, 6.07) is 14.8. The number of nitrogens with two attached hydrogens (primary N) is 1. The highest BCUT2D eigenvalue weighted by molar-refractivity contribution is 6.31. The average Bonchev–Trinajstić information content (AvgIpc) is 2.45. The highest BCUT2D eigenvalue weighted by Gasteiger charge is 2.09. The predicted octanol–water partition coefficient (Wildman–Crippen LogP) is 3.27. The molecule has 0 spiro atoms. The molecule has 2 N–H and O–H groups in total. The lowest BCUT2D eigenvalue weighted by Crippen LogP contribution is -2.05. The molecule has 0 atom stereocenters. The molecule has 0 amide bonds. The van der Waals surface area contributed by atoms with E-state index in [2.05, 4.69) is 0 Å². The molecule has 0 radical (unpaired) electrons. The van der Waals surface area contributed by atoms with Crippen LogP contribution < -0.4 is 10.5 Å². The smallest absolute Gasteiger partial charge is 0.179 e. The van der Waals surface area contributed by atoms with Crippen molar-refractivity contribution in [2.75, 3.05) is 11.6 Å². The van der Waals surface area contributed by atoms with Gasteiger partial charge in [-0.15, -0.1) is 11.6 Å². The largest absolute Gasteiger partial charge is 0.489 e. The van der Waals surface area contributed by atoms with Crippen molar-refractivity contribution in [3.63, 3.8) is 0 Å². The van der Waals surface area contributed by atoms with E-state index in [1.54, 1.807) is 18.2 Å². The molecule has 0 fully saturated rings. The zero-order valence-electron chi connectivity index (χ0n) is 10.3. The van der Waals surface area contributed by atoms with Crippen molar-refractivity contribution in [1.29, 1.82) is 0 Å². The molecule has 0 heterocycles. The Morgan fingerprint density at radius 3 is 2.53 bits per heavy atom. The number of carbonyl (C=O) groups is 1. The van der Waals surface area contributed by atoms with Crippen molar-refractivity contribution in [2.24, 2.45) is 0 Å². The molecular weight excluding hydrogens is 262 g/mol. The molecule has 0 aliphatic carbocycles. The summed E-state index contributed by atoms with van der Waals surface area (Å²) in [4.78, 5) is 11.5. The summed E-state index contributed by atoms with van der Waals surface area (Å²) < 4.78 is 5.62. The highest BCUT2D eigenvalue weighted by atomic mass is 35.5. The number of hydrogen-bond acceptors (Lipinski definition) is 3. The third kappa shape index (κ3) is 3.48. The Morgan fingerprint density at radius 1 is 1.16 bits per heavy atom. The van der Waals surface area contributed by atoms with Crippen LogP contribution in [-0.2, 0) is 6.61 Å². The summed E-state index contributed by atoms with van der Waals surface area (Å²) >= 11 is 5.50. The molecule has 0 unspecified atom stereocenters. The van der Waals surface area contributed by atoms with Gasteiger partial charge in [-0.1, -0.05) is 30.3 Å². The Labute approximate surface area is 117 Å². The zero-order valence-corrected chi connectivity index (χ0v) is 11.1. The molecule has 2 aromatic rings. The lowest BCUT2D eigenvalue weighted by molar-refractivity contribution is 0.102. The molecule has 19 heavy (non-hydrogen) atoms. The minimum absolute atomic E-state index is 0.0750. The van der Waals surface area contributed by atoms with Crippen molar-refractivity contribution in [3.8, 4) is 5.75 Å². The summed E-state index contributed by atoms with van der Waals surface area (Å²) in [5.74, 6) is 0.371. The molecule has 0 saturated carbocycles. The number of nitrogen functional groups attached to an aromatic ring is 1. The Morgan fingerprint density at radius 2 is 1.89 bits per heavy atom. The maximum Gasteiger partial charge on any atom is 0.179 e. The van der Waals surface area contributed by atoms with Crippen LogP contribution in [-0.4, -0.2) is 11.7 Å². The summed E-state index contributed by atoms with van der Waals surface area (Å²) in [6.07, 6.45) is 0. The van der Waals surface area contributed by atoms with Crippen LogP contribution in [0.2, 0.25) is 0 Å². The van der Waals surface area contributed by atoms with E-state index in [0.717, 1.165) is 5.56 Å². The number of alkyl halides is 1. The van der Waals surface area contributed by atoms with Gasteiger partial charge in [-0.2, -0.15) is 0 Å². The second-order valence-corrected chi connectivity index (χ2v) is 4.35. The predicted molar refractivity (Wildman–Crippen MR) is 76.7 cm³/mol. The lowest BCUT2D eigenvalue weighted by atomic mass is 10.1. The van der Waals surface area contributed by atoms with Gasteiger partial charge in [0.05, 0.1) is 5.88 Å². The number of halogens is 1. The van der Waals surface area contributed by atoms with E-state index in [1.165, 1.54) is 0 Å². The van der Waals surface area contributed by atoms with Gasteiger partial charge in [-0.25, -0.2) is 0 Å². The van der Waals surface area contributed by atoms with Gasteiger partial charge in [0.25, 0.3) is 0 Å². The van der Waals surface area contributed by atoms with E-state index in [0.29, 0.717) is 23.6 Å². The van der Waals surface area contributed by atoms with E-state index >= 15 is 0 Å². The number of hydrogen-bond donors (Lipinski definition) is 1. The average molecular weight is 276 g/mol. The van der Waals surface area contributed by atoms with E-state index in [9.17, 15) is 4.79 Å². The Kier molecular flexibility index (Phi) is 4.42. The molecule has 4 heteroatoms. The number of ketones is 1. The zero-order chi connectivity index (χ0) is 13.7. The summed E-state index contributed by atoms with van der Waals surface area (Å²) in [6.45, 7) is 0.461. The molecular formula is C15H14ClNO2. The van der Waals surface area contributed by atoms with Crippen LogP contribution in [0.1, 0.15) is 15.9 Å². The lowest BCUT2D eigenvalue weighted by Gasteiger charge is -2.09. The molecule has 0 aromatic heterocycles. The van der Waals surface area contributed by atoms with Gasteiger partial charge in [0.15, 0.2) is 5.78 Å². The van der Waals surface area contributed by atoms with Crippen molar-refractivity contribution < 1.29 is 9.53 Å². The van der Waals surface area contributed by atoms with Crippen LogP contribution in [0.4, 0.5) is 5.69 Å². The van der Waals surface area contributed by atoms with Crippen LogP contribution >= 0.6 is 11.6 Å². The molecule has 0 aliphatic heterocycles. The van der Waals surface area contributed by atoms with Gasteiger partial charge < -0.3 is 10.5 Å². The number of rotatable bonds is 5. The van der Waals surface area contributed by atoms with E-state index in [-0.39, 0.29) is 11.7 Å². The van der Waals surface area contributed by atoms with E-state index in [4.69, 9.17) is 22.1 Å². The van der Waals surface area contributed by atoms with E-state index < -0.39 is 0 Å². The summed E-state index contributed by atoms with van der Waals surface area (Å²) in [7, 11) is 0. The van der Waals surface area contributed by atoms with Crippen molar-refractivity contribution in [2.45, 2.75) is 6.61 Å². The quantitative estimate of drug-likeness (QED) is 0.518. The topological polar surface area (TPSA) is 52.3 Å². The number of anilines is 1. The Hall–Kier alpha value is -2.00. The maximum absolute atomic E-state index is 11.5. The van der Waals surface area contributed by atoms with Gasteiger partial charge in [0, 0.05) is 17.3 Å². The SMILES string of the molecule is Nc1cc(OCc2ccccc2)ccc1C(=O)CCl. The van der Waals surface area contributed by atoms with Gasteiger partial charge in [-0.05, 0) is 17.7 Å². The first kappa shape index (κ1) is 13.4. The van der Waals surface area contributed by atoms with Crippen LogP contribution in [0.5, 0.6) is 5.75 Å². The van der Waals surface area contributed by atoms with Gasteiger partial charge in [0.2, 0.25) is 0 Å². The second kappa shape index (κ2) is 6.25. The molecule has 2 aromatic carbocycles. The fourth-order valence-electron chi connectivity index (χ4n) is 1.70. The first-order valence-electron chi connectivity index (χ1n) is 5.86. The first-order chi connectivity index (χ1) is 9.20. The number of Topliss-reactive ketones (excluding diaryl/α,β-unsaturated/α-hetero) is 1. The van der Waals surface area contributed by atoms with Crippen LogP contribution in [0, 0.1) is 0 Å². The Bertz CT molecular complexity index is 570. The van der Waals surface area contributed by atoms with Crippen molar-refractivity contribution in [3.05, 3.63) is 59.7 Å². The highest BCUT2D eigenvalue weighted by Crippen LogP contribution is 2.21. The van der Waals surface area contributed by atoms with E-state index in [1.807, 2.05) is 30.3 Å². The number of carbonyl (C=O) groups excluding carboxylic acids is 1. The monoisotopic (exact) mass is 275 g/mol. The Balaban J connectivity index is 2.06. The first-order valence-corrected chi connectivity index (χ1v) is 6.39. The maximum atomic E-state index is 11.5. The molecule has 0 saturated heterocycles. The van der Waals surface area contributed by atoms with Crippen LogP contribution in [0.25, 0.3) is 0 Å². The normalized spacial score (nSPS) is 10.2. The fourth-order valence-corrected chi connectivity index (χ4v) is 1.84. The minimum atomic E-state index is -0.186. The summed E-state index contributed by atoms with van der Waals surface area (Å²) in [5.41, 5.74) is 7.70. The third-order valence-electron chi connectivity index (χ3n) is 2.69. The molecule has 98 valence electrons. The van der Waals surface area contributed by atoms with Gasteiger partial charge in [-0.3, -0.25) is 4.79 Å². The molecule has 3 nitrogen and oxygen atoms in total. The molecule has 2 rings (SSSR count). The van der Waals surface area contributed by atoms with Crippen LogP contribution in [0.3, 0.4) is 0 Å². The molecule has 0 bridgehead atoms. The molecule has 0 aliphatic rings. The number of ether oxygens (including phenoxy) is 1. The number of benzene rings is 2. The standard InChI is InChI=1S/C15H14ClNO2/c16-9-15(18)13-7-6-12(8-14(13)17)19-10-11-4-2-1-3-5-11/h1-8H,9-10,17H2. The van der Waals surface area contributed by atoms with Gasteiger partial charge in [0.1, 0.15) is 12.4 Å².